The van der Waals surface area contributed by atoms with E-state index in [4.69, 9.17) is 0 Å². The van der Waals surface area contributed by atoms with Gasteiger partial charge >= 0.3 is 5.97 Å². The zero-order valence-corrected chi connectivity index (χ0v) is 14.7. The highest BCUT2D eigenvalue weighted by atomic mass is 19.1. The number of piperidine rings is 1. The van der Waals surface area contributed by atoms with Gasteiger partial charge in [0, 0.05) is 6.04 Å². The van der Waals surface area contributed by atoms with Gasteiger partial charge < -0.3 is 10.0 Å². The molecular weight excluding hydrogens is 305 g/mol. The summed E-state index contributed by atoms with van der Waals surface area (Å²) in [7, 11) is 0. The Morgan fingerprint density at radius 1 is 1.21 bits per heavy atom. The van der Waals surface area contributed by atoms with Crippen molar-refractivity contribution in [2.24, 2.45) is 11.3 Å². The number of nitrogens with zero attached hydrogens (tertiary/aromatic N) is 1. The van der Waals surface area contributed by atoms with Crippen molar-refractivity contribution >= 4 is 5.97 Å². The van der Waals surface area contributed by atoms with Crippen molar-refractivity contribution in [3.63, 3.8) is 0 Å². The Labute approximate surface area is 143 Å². The number of hydrogen-bond acceptors (Lipinski definition) is 2. The molecule has 2 aliphatic rings. The van der Waals surface area contributed by atoms with Crippen molar-refractivity contribution in [1.29, 1.82) is 0 Å². The van der Waals surface area contributed by atoms with Crippen LogP contribution in [0.1, 0.15) is 57.4 Å². The van der Waals surface area contributed by atoms with E-state index < -0.39 is 11.4 Å². The molecule has 0 unspecified atom stereocenters. The Kier molecular flexibility index (Phi) is 4.95. The van der Waals surface area contributed by atoms with Gasteiger partial charge in [-0.25, -0.2) is 4.39 Å². The highest BCUT2D eigenvalue weighted by molar-refractivity contribution is 5.75. The third kappa shape index (κ3) is 3.21. The lowest BCUT2D eigenvalue weighted by molar-refractivity contribution is -0.151. The molecule has 0 amide bonds. The molecule has 0 bridgehead atoms. The Bertz CT molecular complexity index is 578. The van der Waals surface area contributed by atoms with Crippen LogP contribution in [0.4, 0.5) is 4.39 Å². The van der Waals surface area contributed by atoms with E-state index in [-0.39, 0.29) is 11.7 Å². The van der Waals surface area contributed by atoms with Gasteiger partial charge in [-0.1, -0.05) is 26.0 Å². The van der Waals surface area contributed by atoms with Gasteiger partial charge in [-0.15, -0.1) is 0 Å². The minimum Gasteiger partial charge on any atom is -0.481 e. The number of halogens is 1. The third-order valence-corrected chi connectivity index (χ3v) is 6.44. The quantitative estimate of drug-likeness (QED) is 0.894. The fourth-order valence-corrected chi connectivity index (χ4v) is 4.66. The first-order valence-corrected chi connectivity index (χ1v) is 9.15. The number of rotatable bonds is 4. The lowest BCUT2D eigenvalue weighted by Crippen LogP contribution is -2.42. The Morgan fingerprint density at radius 3 is 2.33 bits per heavy atom. The van der Waals surface area contributed by atoms with Crippen LogP contribution >= 0.6 is 0 Å². The van der Waals surface area contributed by atoms with Crippen LogP contribution < -0.4 is 0 Å². The van der Waals surface area contributed by atoms with E-state index in [1.165, 1.54) is 5.56 Å². The summed E-state index contributed by atoms with van der Waals surface area (Å²) in [5.74, 6) is -0.128. The van der Waals surface area contributed by atoms with E-state index in [1.807, 2.05) is 26.0 Å². The first-order valence-electron chi connectivity index (χ1n) is 9.15. The molecular formula is C20H28FNO2. The van der Waals surface area contributed by atoms with Crippen LogP contribution in [-0.2, 0) is 4.79 Å². The van der Waals surface area contributed by atoms with Crippen LogP contribution in [0.3, 0.4) is 0 Å². The van der Waals surface area contributed by atoms with Crippen molar-refractivity contribution in [2.75, 3.05) is 13.1 Å². The van der Waals surface area contributed by atoms with E-state index in [0.717, 1.165) is 45.2 Å². The van der Waals surface area contributed by atoms with Gasteiger partial charge in [-0.3, -0.25) is 4.79 Å². The number of hydrogen-bond donors (Lipinski definition) is 1. The number of likely N-dealkylation sites (tertiary alicyclic amines) is 1. The number of carbonyl (C=O) groups is 1. The Balaban J connectivity index is 1.59. The molecule has 0 radical (unpaired) electrons. The second kappa shape index (κ2) is 6.83. The summed E-state index contributed by atoms with van der Waals surface area (Å²) >= 11 is 0. The van der Waals surface area contributed by atoms with Crippen LogP contribution in [0.15, 0.2) is 24.3 Å². The lowest BCUT2D eigenvalue weighted by Gasteiger charge is -2.37. The summed E-state index contributed by atoms with van der Waals surface area (Å²) in [6.07, 6.45) is 4.71. The molecule has 2 atom stereocenters. The molecule has 24 heavy (non-hydrogen) atoms. The summed E-state index contributed by atoms with van der Waals surface area (Å²) in [4.78, 5) is 14.3. The topological polar surface area (TPSA) is 40.5 Å². The minimum atomic E-state index is -0.624. The zero-order valence-electron chi connectivity index (χ0n) is 14.7. The van der Waals surface area contributed by atoms with Crippen LogP contribution in [0.5, 0.6) is 0 Å². The van der Waals surface area contributed by atoms with Crippen molar-refractivity contribution in [3.05, 3.63) is 35.6 Å². The molecule has 3 nitrogen and oxygen atoms in total. The molecule has 1 aliphatic carbocycles. The number of carboxylic acid groups (broad SMARTS) is 1. The maximum absolute atomic E-state index is 13.1. The molecule has 132 valence electrons. The zero-order chi connectivity index (χ0) is 17.3. The van der Waals surface area contributed by atoms with Gasteiger partial charge in [-0.2, -0.15) is 0 Å². The number of aliphatic carboxylic acids is 1. The molecule has 1 heterocycles. The minimum absolute atomic E-state index is 0.178. The molecule has 0 aromatic heterocycles. The SMILES string of the molecule is CC(C)[C@]1(C(=O)O)CC[C@@H](N2CCC(c3ccc(F)cc3)CC2)C1. The monoisotopic (exact) mass is 333 g/mol. The summed E-state index contributed by atoms with van der Waals surface area (Å²) < 4.78 is 13.1. The predicted octanol–water partition coefficient (Wildman–Crippen LogP) is 4.28. The van der Waals surface area contributed by atoms with E-state index in [2.05, 4.69) is 4.90 Å². The van der Waals surface area contributed by atoms with Gasteiger partial charge in [-0.05, 0) is 74.7 Å². The van der Waals surface area contributed by atoms with E-state index in [0.29, 0.717) is 12.0 Å². The summed E-state index contributed by atoms with van der Waals surface area (Å²) in [6.45, 7) is 6.11. The Hall–Kier alpha value is -1.42. The van der Waals surface area contributed by atoms with Gasteiger partial charge in [0.05, 0.1) is 5.41 Å². The first kappa shape index (κ1) is 17.4. The first-order chi connectivity index (χ1) is 11.4. The summed E-state index contributed by atoms with van der Waals surface area (Å²) in [5.41, 5.74) is 0.683. The van der Waals surface area contributed by atoms with Gasteiger partial charge in [0.2, 0.25) is 0 Å². The number of benzene rings is 1. The van der Waals surface area contributed by atoms with E-state index in [9.17, 15) is 14.3 Å². The van der Waals surface area contributed by atoms with Gasteiger partial charge in [0.25, 0.3) is 0 Å². The van der Waals surface area contributed by atoms with Gasteiger partial charge in [0.15, 0.2) is 0 Å². The smallest absolute Gasteiger partial charge is 0.309 e. The van der Waals surface area contributed by atoms with Crippen molar-refractivity contribution in [2.45, 2.75) is 57.9 Å². The highest BCUT2D eigenvalue weighted by Crippen LogP contribution is 2.47. The van der Waals surface area contributed by atoms with E-state index >= 15 is 0 Å². The third-order valence-electron chi connectivity index (χ3n) is 6.44. The normalized spacial score (nSPS) is 29.2. The molecule has 1 saturated carbocycles. The van der Waals surface area contributed by atoms with Crippen molar-refractivity contribution in [1.82, 2.24) is 4.90 Å². The second-order valence-electron chi connectivity index (χ2n) is 7.87. The van der Waals surface area contributed by atoms with Crippen LogP contribution in [0.25, 0.3) is 0 Å². The molecule has 1 aromatic carbocycles. The molecule has 2 fully saturated rings. The fourth-order valence-electron chi connectivity index (χ4n) is 4.66. The molecule has 1 saturated heterocycles. The van der Waals surface area contributed by atoms with Crippen LogP contribution in [0.2, 0.25) is 0 Å². The standard InChI is InChI=1S/C20H28FNO2/c1-14(2)20(19(23)24)10-7-18(13-20)22-11-8-16(9-12-22)15-3-5-17(21)6-4-15/h3-6,14,16,18H,7-13H2,1-2H3,(H,23,24)/t18-,20+/m1/s1. The number of carboxylic acids is 1. The maximum atomic E-state index is 13.1. The van der Waals surface area contributed by atoms with Crippen molar-refractivity contribution in [3.8, 4) is 0 Å². The van der Waals surface area contributed by atoms with Crippen molar-refractivity contribution < 1.29 is 14.3 Å². The molecule has 1 aliphatic heterocycles. The Morgan fingerprint density at radius 2 is 1.83 bits per heavy atom. The summed E-state index contributed by atoms with van der Waals surface area (Å²) in [6, 6.07) is 7.29. The highest BCUT2D eigenvalue weighted by Gasteiger charge is 2.49. The molecule has 4 heteroatoms. The lowest BCUT2D eigenvalue weighted by atomic mass is 9.75. The van der Waals surface area contributed by atoms with E-state index in [1.54, 1.807) is 12.1 Å². The maximum Gasteiger partial charge on any atom is 0.309 e. The second-order valence-corrected chi connectivity index (χ2v) is 7.87. The molecule has 0 spiro atoms. The molecule has 3 rings (SSSR count). The van der Waals surface area contributed by atoms with Gasteiger partial charge in [0.1, 0.15) is 5.82 Å². The largest absolute Gasteiger partial charge is 0.481 e. The van der Waals surface area contributed by atoms with Crippen LogP contribution in [-0.4, -0.2) is 35.1 Å². The fraction of sp³-hybridized carbons (Fsp3) is 0.650. The molecule has 1 aromatic rings. The average molecular weight is 333 g/mol. The molecule has 1 N–H and O–H groups in total. The van der Waals surface area contributed by atoms with Crippen LogP contribution in [0, 0.1) is 17.2 Å². The predicted molar refractivity (Wildman–Crippen MR) is 92.5 cm³/mol. The average Bonchev–Trinajstić information content (AvgIpc) is 3.03. The summed E-state index contributed by atoms with van der Waals surface area (Å²) in [5, 5.41) is 9.71.